The fourth-order valence-electron chi connectivity index (χ4n) is 1.94. The van der Waals surface area contributed by atoms with Gasteiger partial charge in [0.2, 0.25) is 5.89 Å². The van der Waals surface area contributed by atoms with Gasteiger partial charge in [-0.05, 0) is 13.3 Å². The van der Waals surface area contributed by atoms with Crippen LogP contribution in [-0.4, -0.2) is 33.2 Å². The number of aromatic nitrogens is 4. The first-order valence-corrected chi connectivity index (χ1v) is 7.36. The molecule has 2 rings (SSSR count). The summed E-state index contributed by atoms with van der Waals surface area (Å²) in [5.41, 5.74) is 0. The number of hydrogen-bond donors (Lipinski definition) is 2. The Labute approximate surface area is 124 Å². The van der Waals surface area contributed by atoms with Crippen molar-refractivity contribution < 1.29 is 4.52 Å². The van der Waals surface area contributed by atoms with Crippen molar-refractivity contribution in [1.29, 1.82) is 0 Å². The Morgan fingerprint density at radius 2 is 1.76 bits per heavy atom. The summed E-state index contributed by atoms with van der Waals surface area (Å²) in [5, 5.41) is 10.4. The highest BCUT2D eigenvalue weighted by Crippen LogP contribution is 2.12. The number of hydrogen-bond acceptors (Lipinski definition) is 7. The highest BCUT2D eigenvalue weighted by atomic mass is 16.5. The van der Waals surface area contributed by atoms with Crippen LogP contribution in [-0.2, 0) is 12.8 Å². The van der Waals surface area contributed by atoms with E-state index in [4.69, 9.17) is 4.52 Å². The summed E-state index contributed by atoms with van der Waals surface area (Å²) >= 11 is 0. The first-order chi connectivity index (χ1) is 10.2. The fourth-order valence-corrected chi connectivity index (χ4v) is 1.94. The maximum absolute atomic E-state index is 4.94. The van der Waals surface area contributed by atoms with E-state index in [9.17, 15) is 0 Å². The quantitative estimate of drug-likeness (QED) is 0.770. The van der Waals surface area contributed by atoms with Crippen LogP contribution < -0.4 is 10.6 Å². The lowest BCUT2D eigenvalue weighted by molar-refractivity contribution is 0.387. The number of anilines is 2. The Balaban J connectivity index is 1.97. The molecule has 21 heavy (non-hydrogen) atoms. The van der Waals surface area contributed by atoms with E-state index in [1.807, 2.05) is 13.0 Å². The molecule has 0 saturated carbocycles. The van der Waals surface area contributed by atoms with Crippen LogP contribution in [0.4, 0.5) is 11.6 Å². The van der Waals surface area contributed by atoms with E-state index in [0.717, 1.165) is 36.8 Å². The smallest absolute Gasteiger partial charge is 0.223 e. The Hall–Kier alpha value is -2.18. The molecule has 0 aliphatic carbocycles. The summed E-state index contributed by atoms with van der Waals surface area (Å²) < 4.78 is 4.94. The number of rotatable bonds is 8. The molecule has 0 aliphatic rings. The number of nitrogens with zero attached hydrogens (tertiary/aromatic N) is 4. The molecule has 0 spiro atoms. The van der Waals surface area contributed by atoms with Crippen molar-refractivity contribution >= 4 is 11.6 Å². The first-order valence-electron chi connectivity index (χ1n) is 7.36. The van der Waals surface area contributed by atoms with Gasteiger partial charge in [0, 0.05) is 38.9 Å². The van der Waals surface area contributed by atoms with Crippen LogP contribution >= 0.6 is 0 Å². The lowest BCUT2D eigenvalue weighted by Gasteiger charge is -2.09. The third-order valence-corrected chi connectivity index (χ3v) is 2.83. The van der Waals surface area contributed by atoms with Crippen molar-refractivity contribution in [1.82, 2.24) is 20.1 Å². The zero-order valence-electron chi connectivity index (χ0n) is 12.8. The van der Waals surface area contributed by atoms with Crippen LogP contribution in [0.15, 0.2) is 10.6 Å². The van der Waals surface area contributed by atoms with Gasteiger partial charge in [-0.1, -0.05) is 12.1 Å². The van der Waals surface area contributed by atoms with Crippen LogP contribution in [0.3, 0.4) is 0 Å². The predicted octanol–water partition coefficient (Wildman–Crippen LogP) is 2.21. The van der Waals surface area contributed by atoms with Gasteiger partial charge < -0.3 is 15.2 Å². The molecule has 0 unspecified atom stereocenters. The Bertz CT molecular complexity index is 544. The SMILES string of the molecule is CCCc1nc(NCC)cc(NCCc2noc(C)n2)n1. The summed E-state index contributed by atoms with van der Waals surface area (Å²) in [4.78, 5) is 13.2. The van der Waals surface area contributed by atoms with Crippen LogP contribution in [0, 0.1) is 6.92 Å². The van der Waals surface area contributed by atoms with Crippen LogP contribution in [0.1, 0.15) is 37.8 Å². The molecule has 0 fully saturated rings. The molecule has 2 heterocycles. The zero-order chi connectivity index (χ0) is 15.1. The van der Waals surface area contributed by atoms with Crippen molar-refractivity contribution in [2.75, 3.05) is 23.7 Å². The van der Waals surface area contributed by atoms with Gasteiger partial charge in [0.15, 0.2) is 5.82 Å². The maximum Gasteiger partial charge on any atom is 0.223 e. The molecular formula is C14H22N6O. The van der Waals surface area contributed by atoms with Crippen molar-refractivity contribution in [3.8, 4) is 0 Å². The van der Waals surface area contributed by atoms with E-state index in [1.54, 1.807) is 6.92 Å². The Morgan fingerprint density at radius 1 is 1.00 bits per heavy atom. The lowest BCUT2D eigenvalue weighted by Crippen LogP contribution is -2.11. The molecule has 0 atom stereocenters. The summed E-state index contributed by atoms with van der Waals surface area (Å²) in [5.74, 6) is 3.83. The topological polar surface area (TPSA) is 88.8 Å². The summed E-state index contributed by atoms with van der Waals surface area (Å²) in [6, 6.07) is 1.92. The van der Waals surface area contributed by atoms with E-state index in [1.165, 1.54) is 0 Å². The molecule has 0 radical (unpaired) electrons. The van der Waals surface area contributed by atoms with Gasteiger partial charge in [-0.25, -0.2) is 9.97 Å². The third kappa shape index (κ3) is 4.70. The van der Waals surface area contributed by atoms with Crippen molar-refractivity contribution in [3.05, 3.63) is 23.6 Å². The van der Waals surface area contributed by atoms with E-state index in [0.29, 0.717) is 24.7 Å². The van der Waals surface area contributed by atoms with E-state index in [-0.39, 0.29) is 0 Å². The monoisotopic (exact) mass is 290 g/mol. The van der Waals surface area contributed by atoms with E-state index in [2.05, 4.69) is 37.7 Å². The second-order valence-electron chi connectivity index (χ2n) is 4.74. The van der Waals surface area contributed by atoms with E-state index >= 15 is 0 Å². The lowest BCUT2D eigenvalue weighted by atomic mass is 10.3. The minimum absolute atomic E-state index is 0.590. The molecule has 0 saturated heterocycles. The number of aryl methyl sites for hydroxylation is 2. The van der Waals surface area contributed by atoms with Gasteiger partial charge in [-0.2, -0.15) is 4.98 Å². The maximum atomic E-state index is 4.94. The van der Waals surface area contributed by atoms with Gasteiger partial charge in [-0.15, -0.1) is 0 Å². The Morgan fingerprint density at radius 3 is 2.38 bits per heavy atom. The molecule has 2 aromatic heterocycles. The third-order valence-electron chi connectivity index (χ3n) is 2.83. The van der Waals surface area contributed by atoms with Gasteiger partial charge in [0.25, 0.3) is 0 Å². The molecule has 0 aromatic carbocycles. The average Bonchev–Trinajstić information content (AvgIpc) is 2.85. The minimum Gasteiger partial charge on any atom is -0.370 e. The molecule has 2 aromatic rings. The standard InChI is InChI=1S/C14H22N6O/c1-4-6-11-18-13(15-5-2)9-14(19-11)16-8-7-12-17-10(3)21-20-12/h9H,4-8H2,1-3H3,(H2,15,16,18,19). The van der Waals surface area contributed by atoms with Gasteiger partial charge >= 0.3 is 0 Å². The van der Waals surface area contributed by atoms with Crippen molar-refractivity contribution in [2.45, 2.75) is 40.0 Å². The van der Waals surface area contributed by atoms with Crippen LogP contribution in [0.2, 0.25) is 0 Å². The predicted molar refractivity (Wildman–Crippen MR) is 81.4 cm³/mol. The van der Waals surface area contributed by atoms with Crippen molar-refractivity contribution in [2.24, 2.45) is 0 Å². The van der Waals surface area contributed by atoms with Crippen molar-refractivity contribution in [3.63, 3.8) is 0 Å². The molecule has 114 valence electrons. The van der Waals surface area contributed by atoms with Crippen LogP contribution in [0.25, 0.3) is 0 Å². The summed E-state index contributed by atoms with van der Waals surface area (Å²) in [6.45, 7) is 7.49. The van der Waals surface area contributed by atoms with Crippen LogP contribution in [0.5, 0.6) is 0 Å². The highest BCUT2D eigenvalue weighted by molar-refractivity contribution is 5.47. The Kier molecular flexibility index (Phi) is 5.48. The molecule has 7 heteroatoms. The van der Waals surface area contributed by atoms with E-state index < -0.39 is 0 Å². The largest absolute Gasteiger partial charge is 0.370 e. The average molecular weight is 290 g/mol. The second kappa shape index (κ2) is 7.56. The molecule has 0 amide bonds. The van der Waals surface area contributed by atoms with Gasteiger partial charge in [-0.3, -0.25) is 0 Å². The zero-order valence-corrected chi connectivity index (χ0v) is 12.8. The van der Waals surface area contributed by atoms with Gasteiger partial charge in [0.05, 0.1) is 0 Å². The first kappa shape index (κ1) is 15.2. The number of nitrogens with one attached hydrogen (secondary N) is 2. The summed E-state index contributed by atoms with van der Waals surface area (Å²) in [6.07, 6.45) is 2.59. The molecular weight excluding hydrogens is 268 g/mol. The molecule has 0 bridgehead atoms. The van der Waals surface area contributed by atoms with Gasteiger partial charge in [0.1, 0.15) is 17.5 Å². The molecule has 0 aliphatic heterocycles. The molecule has 2 N–H and O–H groups in total. The minimum atomic E-state index is 0.590. The normalized spacial score (nSPS) is 10.6. The highest BCUT2D eigenvalue weighted by Gasteiger charge is 2.05. The summed E-state index contributed by atoms with van der Waals surface area (Å²) in [7, 11) is 0. The molecule has 7 nitrogen and oxygen atoms in total. The second-order valence-corrected chi connectivity index (χ2v) is 4.74. The fraction of sp³-hybridized carbons (Fsp3) is 0.571.